The molecule has 1 aromatic rings. The molecule has 3 N–H and O–H groups in total. The zero-order valence-corrected chi connectivity index (χ0v) is 18.5. The predicted molar refractivity (Wildman–Crippen MR) is 110 cm³/mol. The number of benzene rings is 1. The van der Waals surface area contributed by atoms with Gasteiger partial charge >= 0.3 is 11.7 Å². The normalized spacial score (nSPS) is 15.3. The molecule has 1 rings (SSSR count). The van der Waals surface area contributed by atoms with Crippen LogP contribution in [0.25, 0.3) is 0 Å². The fourth-order valence-corrected chi connectivity index (χ4v) is 3.14. The molecule has 1 aromatic carbocycles. The van der Waals surface area contributed by atoms with Crippen molar-refractivity contribution < 1.29 is 41.3 Å². The summed E-state index contributed by atoms with van der Waals surface area (Å²) in [5, 5.41) is -0.675. The maximum atomic E-state index is 15.4. The van der Waals surface area contributed by atoms with Crippen LogP contribution in [0, 0.1) is 0 Å². The van der Waals surface area contributed by atoms with Gasteiger partial charge in [0, 0.05) is 5.56 Å². The van der Waals surface area contributed by atoms with Gasteiger partial charge in [-0.3, -0.25) is 19.3 Å². The number of carbonyl (C=O) groups is 4. The maximum absolute atomic E-state index is 15.4. The van der Waals surface area contributed by atoms with E-state index in [9.17, 15) is 36.9 Å². The minimum absolute atomic E-state index is 0.0265. The molecule has 33 heavy (non-hydrogen) atoms. The Morgan fingerprint density at radius 3 is 2.21 bits per heavy atom. The first kappa shape index (κ1) is 28.5. The number of nitrogens with zero attached hydrogens (tertiary/aromatic N) is 2. The first-order chi connectivity index (χ1) is 15.4. The van der Waals surface area contributed by atoms with Crippen LogP contribution in [0.4, 0.5) is 22.1 Å². The van der Waals surface area contributed by atoms with Gasteiger partial charge in [0.15, 0.2) is 0 Å². The topological polar surface area (TPSA) is 113 Å². The number of hydrogen-bond acceptors (Lipinski definition) is 7. The van der Waals surface area contributed by atoms with Crippen LogP contribution in [0.15, 0.2) is 30.3 Å². The van der Waals surface area contributed by atoms with E-state index in [1.54, 1.807) is 6.26 Å². The Kier molecular flexibility index (Phi) is 10.4. The van der Waals surface area contributed by atoms with Gasteiger partial charge in [-0.15, -0.1) is 0 Å². The van der Waals surface area contributed by atoms with Gasteiger partial charge in [0.05, 0.1) is 24.0 Å². The molecule has 0 aliphatic carbocycles. The standard InChI is InChI=1S/C19H23F5N4O4S/c1-12(25)16(31)26-10-15(30)27(14(11-29)8-9-33-2)17(32)19(22,28(23)24)18(20,21)13-6-4-3-5-7-13/h3-7,11-12,14H,8-10,25H2,1-2H3,(H,26,31)/t12-,14+,19-/m1/s1. The number of nitrogens with one attached hydrogen (secondary N) is 1. The summed E-state index contributed by atoms with van der Waals surface area (Å²) in [5.74, 6) is -15.5. The smallest absolute Gasteiger partial charge is 0.346 e. The Bertz CT molecular complexity index is 847. The van der Waals surface area contributed by atoms with Crippen molar-refractivity contribution >= 4 is 35.8 Å². The lowest BCUT2D eigenvalue weighted by Crippen LogP contribution is -2.64. The van der Waals surface area contributed by atoms with Gasteiger partial charge in [0.25, 0.3) is 5.91 Å². The van der Waals surface area contributed by atoms with Crippen LogP contribution in [0.3, 0.4) is 0 Å². The van der Waals surface area contributed by atoms with Crippen molar-refractivity contribution in [3.8, 4) is 0 Å². The van der Waals surface area contributed by atoms with E-state index in [1.165, 1.54) is 13.0 Å². The van der Waals surface area contributed by atoms with Crippen molar-refractivity contribution in [2.75, 3.05) is 18.6 Å². The molecule has 8 nitrogen and oxygen atoms in total. The summed E-state index contributed by atoms with van der Waals surface area (Å²) in [5.41, 5.74) is 4.04. The van der Waals surface area contributed by atoms with Gasteiger partial charge in [-0.05, 0) is 25.4 Å². The van der Waals surface area contributed by atoms with Crippen molar-refractivity contribution in [1.82, 2.24) is 15.6 Å². The highest BCUT2D eigenvalue weighted by atomic mass is 32.2. The Balaban J connectivity index is 3.51. The zero-order valence-electron chi connectivity index (χ0n) is 17.6. The van der Waals surface area contributed by atoms with Gasteiger partial charge in [0.2, 0.25) is 11.8 Å². The first-order valence-electron chi connectivity index (χ1n) is 9.44. The molecule has 0 saturated heterocycles. The summed E-state index contributed by atoms with van der Waals surface area (Å²) >= 11 is 1.13. The second kappa shape index (κ2) is 12.0. The van der Waals surface area contributed by atoms with E-state index in [0.717, 1.165) is 23.9 Å². The molecule has 0 spiro atoms. The molecule has 0 heterocycles. The number of aldehydes is 1. The van der Waals surface area contributed by atoms with Crippen molar-refractivity contribution in [3.05, 3.63) is 35.9 Å². The second-order valence-corrected chi connectivity index (χ2v) is 7.84. The van der Waals surface area contributed by atoms with Crippen LogP contribution < -0.4 is 11.1 Å². The molecule has 3 amide bonds. The van der Waals surface area contributed by atoms with E-state index in [2.05, 4.69) is 0 Å². The van der Waals surface area contributed by atoms with E-state index in [-0.39, 0.29) is 23.4 Å². The summed E-state index contributed by atoms with van der Waals surface area (Å²) in [4.78, 5) is 48.3. The molecule has 0 fully saturated rings. The van der Waals surface area contributed by atoms with Crippen molar-refractivity contribution in [1.29, 1.82) is 0 Å². The van der Waals surface area contributed by atoms with Crippen LogP contribution in [0.1, 0.15) is 18.9 Å². The Morgan fingerprint density at radius 2 is 1.76 bits per heavy atom. The molecule has 14 heteroatoms. The predicted octanol–water partition coefficient (Wildman–Crippen LogP) is 1.65. The quantitative estimate of drug-likeness (QED) is 0.195. The number of imide groups is 1. The number of thioether (sulfide) groups is 1. The monoisotopic (exact) mass is 498 g/mol. The van der Waals surface area contributed by atoms with E-state index in [0.29, 0.717) is 12.1 Å². The van der Waals surface area contributed by atoms with Gasteiger partial charge in [-0.1, -0.05) is 39.3 Å². The fourth-order valence-electron chi connectivity index (χ4n) is 2.67. The minimum Gasteiger partial charge on any atom is -0.346 e. The number of alkyl halides is 3. The van der Waals surface area contributed by atoms with Crippen LogP contribution in [-0.2, 0) is 25.1 Å². The van der Waals surface area contributed by atoms with Gasteiger partial charge in [-0.25, -0.2) is 4.39 Å². The average molecular weight is 498 g/mol. The van der Waals surface area contributed by atoms with Crippen molar-refractivity contribution in [2.45, 2.75) is 37.1 Å². The number of amides is 3. The third kappa shape index (κ3) is 6.26. The van der Waals surface area contributed by atoms with E-state index in [1.807, 2.05) is 5.32 Å². The summed E-state index contributed by atoms with van der Waals surface area (Å²) in [7, 11) is 0. The summed E-state index contributed by atoms with van der Waals surface area (Å²) in [6, 6.07) is 1.53. The van der Waals surface area contributed by atoms with Gasteiger partial charge < -0.3 is 15.8 Å². The summed E-state index contributed by atoms with van der Waals surface area (Å²) < 4.78 is 72.5. The third-order valence-corrected chi connectivity index (χ3v) is 5.13. The minimum atomic E-state index is -5.35. The second-order valence-electron chi connectivity index (χ2n) is 6.86. The molecule has 3 atom stereocenters. The lowest BCUT2D eigenvalue weighted by molar-refractivity contribution is -0.337. The van der Waals surface area contributed by atoms with E-state index in [4.69, 9.17) is 5.73 Å². The molecular weight excluding hydrogens is 475 g/mol. The largest absolute Gasteiger partial charge is 0.365 e. The number of carbonyl (C=O) groups excluding carboxylic acids is 4. The van der Waals surface area contributed by atoms with Crippen molar-refractivity contribution in [2.24, 2.45) is 5.73 Å². The highest BCUT2D eigenvalue weighted by Crippen LogP contribution is 2.46. The molecule has 0 aliphatic rings. The van der Waals surface area contributed by atoms with Crippen LogP contribution >= 0.6 is 11.8 Å². The molecular formula is C19H23F5N4O4S. The molecule has 0 unspecified atom stereocenters. The van der Waals surface area contributed by atoms with Crippen molar-refractivity contribution in [3.63, 3.8) is 0 Å². The average Bonchev–Trinajstić information content (AvgIpc) is 2.79. The number of halogens is 5. The molecule has 184 valence electrons. The summed E-state index contributed by atoms with van der Waals surface area (Å²) in [6.45, 7) is 0.161. The summed E-state index contributed by atoms with van der Waals surface area (Å²) in [6.07, 6.45) is 1.21. The Labute approximate surface area is 190 Å². The number of rotatable bonds is 12. The highest BCUT2D eigenvalue weighted by Gasteiger charge is 2.69. The zero-order chi connectivity index (χ0) is 25.4. The number of nitrogens with two attached hydrogens (primary N) is 1. The fraction of sp³-hybridized carbons (Fsp3) is 0.474. The molecule has 0 radical (unpaired) electrons. The Morgan fingerprint density at radius 1 is 1.18 bits per heavy atom. The van der Waals surface area contributed by atoms with Gasteiger partial charge in [-0.2, -0.15) is 20.5 Å². The van der Waals surface area contributed by atoms with E-state index >= 15 is 4.39 Å². The van der Waals surface area contributed by atoms with Crippen LogP contribution in [0.5, 0.6) is 0 Å². The SMILES string of the molecule is CSCC[C@@H](C=O)N(C(=O)CNC(=O)[C@@H](C)N)C(=O)[C@@](F)(N(F)F)C(F)(F)c1ccccc1. The van der Waals surface area contributed by atoms with E-state index < -0.39 is 59.0 Å². The Hall–Kier alpha value is -2.58. The van der Waals surface area contributed by atoms with Crippen LogP contribution in [0.2, 0.25) is 0 Å². The molecule has 0 saturated carbocycles. The maximum Gasteiger partial charge on any atom is 0.365 e. The number of hydrogen-bond donors (Lipinski definition) is 2. The molecule has 0 bridgehead atoms. The van der Waals surface area contributed by atoms with Gasteiger partial charge in [0.1, 0.15) is 6.29 Å². The highest BCUT2D eigenvalue weighted by molar-refractivity contribution is 7.98. The molecule has 0 aliphatic heterocycles. The lowest BCUT2D eigenvalue weighted by Gasteiger charge is -2.36. The van der Waals surface area contributed by atoms with Crippen LogP contribution in [-0.4, -0.2) is 70.7 Å². The third-order valence-electron chi connectivity index (χ3n) is 4.49. The first-order valence-corrected chi connectivity index (χ1v) is 10.8. The lowest BCUT2D eigenvalue weighted by atomic mass is 9.97. The molecule has 0 aromatic heterocycles.